The monoisotopic (exact) mass is 437 g/mol. The van der Waals surface area contributed by atoms with E-state index < -0.39 is 30.1 Å². The number of rotatable bonds is 5. The highest BCUT2D eigenvalue weighted by atomic mass is 35.5. The molecule has 0 bridgehead atoms. The fourth-order valence-corrected chi connectivity index (χ4v) is 3.53. The smallest absolute Gasteiger partial charge is 0.286 e. The first-order chi connectivity index (χ1) is 13.8. The largest absolute Gasteiger partial charge is 0.307 e. The lowest BCUT2D eigenvalue weighted by Crippen LogP contribution is -2.26. The summed E-state index contributed by atoms with van der Waals surface area (Å²) in [4.78, 5) is 32.1. The summed E-state index contributed by atoms with van der Waals surface area (Å²) in [6, 6.07) is 3.98. The number of alkyl halides is 2. The molecule has 3 aromatic rings. The van der Waals surface area contributed by atoms with Crippen molar-refractivity contribution in [2.24, 2.45) is 0 Å². The van der Waals surface area contributed by atoms with Gasteiger partial charge in [-0.2, -0.15) is 0 Å². The van der Waals surface area contributed by atoms with Gasteiger partial charge in [0.1, 0.15) is 16.4 Å². The summed E-state index contributed by atoms with van der Waals surface area (Å²) in [5.74, 6) is 4.00. The second-order valence-electron chi connectivity index (χ2n) is 5.79. The molecule has 0 fully saturated rings. The summed E-state index contributed by atoms with van der Waals surface area (Å²) in [6.45, 7) is -0.953. The molecule has 0 aliphatic carbocycles. The van der Waals surface area contributed by atoms with Crippen molar-refractivity contribution in [1.82, 2.24) is 14.5 Å². The Hall–Kier alpha value is -2.96. The summed E-state index contributed by atoms with van der Waals surface area (Å²) >= 11 is 7.13. The van der Waals surface area contributed by atoms with Gasteiger partial charge in [-0.3, -0.25) is 9.59 Å². The quantitative estimate of drug-likeness (QED) is 0.452. The highest BCUT2D eigenvalue weighted by molar-refractivity contribution is 7.18. The maximum absolute atomic E-state index is 13.7. The molecule has 0 aliphatic heterocycles. The third kappa shape index (κ3) is 5.31. The molecule has 29 heavy (non-hydrogen) atoms. The summed E-state index contributed by atoms with van der Waals surface area (Å²) < 4.78 is 39.7. The van der Waals surface area contributed by atoms with Gasteiger partial charge in [0.2, 0.25) is 0 Å². The first kappa shape index (κ1) is 20.8. The van der Waals surface area contributed by atoms with Gasteiger partial charge in [0, 0.05) is 18.8 Å². The number of hydrogen-bond donors (Lipinski definition) is 0. The highest BCUT2D eigenvalue weighted by Gasteiger charge is 2.16. The van der Waals surface area contributed by atoms with Crippen LogP contribution in [0.4, 0.5) is 13.2 Å². The Morgan fingerprint density at radius 1 is 1.31 bits per heavy atom. The van der Waals surface area contributed by atoms with E-state index in [1.807, 2.05) is 0 Å². The van der Waals surface area contributed by atoms with E-state index in [-0.39, 0.29) is 16.9 Å². The maximum atomic E-state index is 13.7. The van der Waals surface area contributed by atoms with Gasteiger partial charge in [-0.15, -0.1) is 11.3 Å². The zero-order valence-electron chi connectivity index (χ0n) is 14.5. The van der Waals surface area contributed by atoms with Crippen molar-refractivity contribution in [1.29, 1.82) is 0 Å². The predicted octanol–water partition coefficient (Wildman–Crippen LogP) is 3.58. The molecular formula is C19H11ClF3N3O2S. The molecule has 0 spiro atoms. The molecule has 0 aromatic carbocycles. The van der Waals surface area contributed by atoms with Crippen molar-refractivity contribution in [3.05, 3.63) is 79.1 Å². The topological polar surface area (TPSA) is 64.8 Å². The van der Waals surface area contributed by atoms with Crippen molar-refractivity contribution in [3.8, 4) is 11.8 Å². The lowest BCUT2D eigenvalue weighted by atomic mass is 10.1. The number of carbonyl (C=O) groups is 1. The molecule has 0 atom stereocenters. The normalized spacial score (nSPS) is 10.7. The number of ketones is 1. The molecule has 3 heterocycles. The van der Waals surface area contributed by atoms with Crippen molar-refractivity contribution in [2.45, 2.75) is 19.4 Å². The van der Waals surface area contributed by atoms with E-state index in [1.54, 1.807) is 6.07 Å². The van der Waals surface area contributed by atoms with Gasteiger partial charge < -0.3 is 4.57 Å². The van der Waals surface area contributed by atoms with Crippen LogP contribution in [0.25, 0.3) is 0 Å². The van der Waals surface area contributed by atoms with Crippen molar-refractivity contribution in [2.75, 3.05) is 0 Å². The molecular weight excluding hydrogens is 427 g/mol. The van der Waals surface area contributed by atoms with Gasteiger partial charge in [0.05, 0.1) is 17.0 Å². The molecule has 10 heteroatoms. The second-order valence-corrected chi connectivity index (χ2v) is 7.44. The molecule has 3 rings (SSSR count). The average molecular weight is 438 g/mol. The molecule has 0 aliphatic rings. The molecule has 0 amide bonds. The number of pyridine rings is 1. The van der Waals surface area contributed by atoms with Crippen molar-refractivity contribution < 1.29 is 18.0 Å². The van der Waals surface area contributed by atoms with Gasteiger partial charge in [-0.05, 0) is 29.7 Å². The summed E-state index contributed by atoms with van der Waals surface area (Å²) in [6.07, 6.45) is 0.829. The Morgan fingerprint density at radius 2 is 2.10 bits per heavy atom. The Kier molecular flexibility index (Phi) is 6.46. The van der Waals surface area contributed by atoms with E-state index in [9.17, 15) is 22.8 Å². The van der Waals surface area contributed by atoms with Crippen LogP contribution in [0.2, 0.25) is 4.34 Å². The predicted molar refractivity (Wildman–Crippen MR) is 102 cm³/mol. The van der Waals surface area contributed by atoms with Crippen molar-refractivity contribution >= 4 is 28.7 Å². The number of hydrogen-bond acceptors (Lipinski definition) is 5. The van der Waals surface area contributed by atoms with E-state index in [2.05, 4.69) is 21.8 Å². The van der Waals surface area contributed by atoms with Gasteiger partial charge in [-0.1, -0.05) is 17.5 Å². The van der Waals surface area contributed by atoms with Crippen LogP contribution in [-0.4, -0.2) is 26.7 Å². The van der Waals surface area contributed by atoms with Crippen LogP contribution in [-0.2, 0) is 13.0 Å². The summed E-state index contributed by atoms with van der Waals surface area (Å²) in [5, 5.41) is 0. The van der Waals surface area contributed by atoms with Crippen LogP contribution in [0, 0.1) is 17.7 Å². The highest BCUT2D eigenvalue weighted by Crippen LogP contribution is 2.28. The number of halogens is 4. The minimum absolute atomic E-state index is 0.103. The van der Waals surface area contributed by atoms with Crippen LogP contribution in [0.3, 0.4) is 0 Å². The number of thiophene rings is 1. The number of Topliss-reactive ketones (excluding diaryl/α,β-unsaturated/α-hetero) is 1. The zero-order valence-corrected chi connectivity index (χ0v) is 16.1. The Morgan fingerprint density at radius 3 is 2.79 bits per heavy atom. The van der Waals surface area contributed by atoms with E-state index >= 15 is 0 Å². The van der Waals surface area contributed by atoms with E-state index in [0.717, 1.165) is 23.6 Å². The number of aromatic nitrogens is 3. The van der Waals surface area contributed by atoms with Crippen LogP contribution >= 0.6 is 22.9 Å². The fraction of sp³-hybridized carbons (Fsp3) is 0.158. The first-order valence-electron chi connectivity index (χ1n) is 8.11. The lowest BCUT2D eigenvalue weighted by molar-refractivity contribution is 0.0996. The molecule has 0 radical (unpaired) electrons. The molecule has 0 unspecified atom stereocenters. The average Bonchev–Trinajstić information content (AvgIpc) is 3.05. The van der Waals surface area contributed by atoms with E-state index in [4.69, 9.17) is 11.6 Å². The molecule has 5 nitrogen and oxygen atoms in total. The van der Waals surface area contributed by atoms with Crippen LogP contribution in [0.5, 0.6) is 0 Å². The fourth-order valence-electron chi connectivity index (χ4n) is 2.40. The third-order valence-electron chi connectivity index (χ3n) is 3.67. The van der Waals surface area contributed by atoms with Crippen molar-refractivity contribution in [3.63, 3.8) is 0 Å². The van der Waals surface area contributed by atoms with Gasteiger partial charge >= 0.3 is 0 Å². The van der Waals surface area contributed by atoms with Crippen LogP contribution in [0.15, 0.2) is 41.7 Å². The first-order valence-corrected chi connectivity index (χ1v) is 9.30. The standard InChI is InChI=1S/C19H11ClF3N3O2S/c20-18-12(1-2-13-3-4-24-10-25-13)7-16(29-18)15(27)6-11-5-14(21)19(28)26(8-11)9-17(22)23/h3-5,7-8,10,17H,6,9H2. The molecule has 0 saturated carbocycles. The molecule has 0 N–H and O–H groups in total. The lowest BCUT2D eigenvalue weighted by Gasteiger charge is -2.08. The van der Waals surface area contributed by atoms with Gasteiger partial charge in [0.25, 0.3) is 12.0 Å². The third-order valence-corrected chi connectivity index (χ3v) is 5.07. The summed E-state index contributed by atoms with van der Waals surface area (Å²) in [5.41, 5.74) is -0.159. The Bertz CT molecular complexity index is 1170. The zero-order chi connectivity index (χ0) is 21.0. The Labute approximate surface area is 171 Å². The molecule has 3 aromatic heterocycles. The second kappa shape index (κ2) is 9.03. The maximum Gasteiger partial charge on any atom is 0.286 e. The van der Waals surface area contributed by atoms with Crippen LogP contribution < -0.4 is 5.56 Å². The molecule has 148 valence electrons. The van der Waals surface area contributed by atoms with Gasteiger partial charge in [-0.25, -0.2) is 23.1 Å². The minimum atomic E-state index is -2.83. The Balaban J connectivity index is 1.81. The molecule has 0 saturated heterocycles. The van der Waals surface area contributed by atoms with Crippen LogP contribution in [0.1, 0.15) is 26.5 Å². The van der Waals surface area contributed by atoms with E-state index in [0.29, 0.717) is 20.2 Å². The van der Waals surface area contributed by atoms with E-state index in [1.165, 1.54) is 18.6 Å². The van der Waals surface area contributed by atoms with Gasteiger partial charge in [0.15, 0.2) is 11.6 Å². The minimum Gasteiger partial charge on any atom is -0.307 e. The summed E-state index contributed by atoms with van der Waals surface area (Å²) in [7, 11) is 0. The number of carbonyl (C=O) groups excluding carboxylic acids is 1. The number of nitrogens with zero attached hydrogens (tertiary/aromatic N) is 3. The SMILES string of the molecule is O=C(Cc1cc(F)c(=O)n(CC(F)F)c1)c1cc(C#Cc2ccncn2)c(Cl)s1.